The molecule has 0 atom stereocenters. The summed E-state index contributed by atoms with van der Waals surface area (Å²) in [7, 11) is 1.62. The van der Waals surface area contributed by atoms with Crippen molar-refractivity contribution < 1.29 is 14.3 Å². The Balaban J connectivity index is 1.37. The maximum atomic E-state index is 12.3. The average Bonchev–Trinajstić information content (AvgIpc) is 3.43. The monoisotopic (exact) mass is 414 g/mol. The van der Waals surface area contributed by atoms with Gasteiger partial charge in [0, 0.05) is 29.3 Å². The summed E-state index contributed by atoms with van der Waals surface area (Å²) in [6, 6.07) is 7.60. The molecule has 0 unspecified atom stereocenters. The predicted molar refractivity (Wildman–Crippen MR) is 110 cm³/mol. The van der Waals surface area contributed by atoms with E-state index in [4.69, 9.17) is 4.74 Å². The van der Waals surface area contributed by atoms with Crippen LogP contribution in [0.1, 0.15) is 18.5 Å². The second kappa shape index (κ2) is 8.07. The molecular formula is C19H18N4O3S2. The SMILES string of the molecule is COc1ccc(-c2csc(NC(=O)Cc3csc(N4CCCC4=O)n3)n2)cc1. The number of rotatable bonds is 6. The van der Waals surface area contributed by atoms with Crippen LogP contribution in [0.4, 0.5) is 10.3 Å². The number of methoxy groups -OCH3 is 1. The molecule has 0 aliphatic carbocycles. The lowest BCUT2D eigenvalue weighted by atomic mass is 10.2. The van der Waals surface area contributed by atoms with E-state index < -0.39 is 0 Å². The minimum atomic E-state index is -0.180. The van der Waals surface area contributed by atoms with Crippen molar-refractivity contribution in [3.8, 4) is 17.0 Å². The van der Waals surface area contributed by atoms with Crippen molar-refractivity contribution in [3.63, 3.8) is 0 Å². The van der Waals surface area contributed by atoms with Gasteiger partial charge in [-0.3, -0.25) is 14.5 Å². The Bertz CT molecular complexity index is 997. The molecule has 0 spiro atoms. The number of nitrogens with one attached hydrogen (secondary N) is 1. The Morgan fingerprint density at radius 3 is 2.75 bits per heavy atom. The van der Waals surface area contributed by atoms with Gasteiger partial charge in [-0.2, -0.15) is 0 Å². The summed E-state index contributed by atoms with van der Waals surface area (Å²) >= 11 is 2.77. The summed E-state index contributed by atoms with van der Waals surface area (Å²) in [6.07, 6.45) is 1.57. The zero-order chi connectivity index (χ0) is 19.5. The van der Waals surface area contributed by atoms with Gasteiger partial charge in [0.05, 0.1) is 24.9 Å². The van der Waals surface area contributed by atoms with E-state index in [9.17, 15) is 9.59 Å². The van der Waals surface area contributed by atoms with Crippen molar-refractivity contribution in [2.45, 2.75) is 19.3 Å². The van der Waals surface area contributed by atoms with E-state index in [2.05, 4.69) is 15.3 Å². The second-order valence-electron chi connectivity index (χ2n) is 6.26. The van der Waals surface area contributed by atoms with Crippen LogP contribution in [-0.2, 0) is 16.0 Å². The van der Waals surface area contributed by atoms with Crippen LogP contribution in [0.3, 0.4) is 0 Å². The third kappa shape index (κ3) is 4.05. The van der Waals surface area contributed by atoms with E-state index in [-0.39, 0.29) is 18.2 Å². The zero-order valence-corrected chi connectivity index (χ0v) is 16.8. The van der Waals surface area contributed by atoms with Crippen molar-refractivity contribution in [1.82, 2.24) is 9.97 Å². The number of anilines is 2. The van der Waals surface area contributed by atoms with E-state index in [1.54, 1.807) is 12.0 Å². The third-order valence-corrected chi connectivity index (χ3v) is 5.99. The fourth-order valence-electron chi connectivity index (χ4n) is 2.91. The summed E-state index contributed by atoms with van der Waals surface area (Å²) in [4.78, 5) is 34.7. The van der Waals surface area contributed by atoms with Crippen LogP contribution in [0.15, 0.2) is 35.0 Å². The van der Waals surface area contributed by atoms with Crippen molar-refractivity contribution in [2.75, 3.05) is 23.9 Å². The molecule has 2 amide bonds. The van der Waals surface area contributed by atoms with Crippen LogP contribution in [0, 0.1) is 0 Å². The quantitative estimate of drug-likeness (QED) is 0.666. The maximum absolute atomic E-state index is 12.3. The Morgan fingerprint density at radius 1 is 1.21 bits per heavy atom. The average molecular weight is 415 g/mol. The Labute approximate surface area is 170 Å². The number of thiazole rings is 2. The highest BCUT2D eigenvalue weighted by molar-refractivity contribution is 7.14. The van der Waals surface area contributed by atoms with Gasteiger partial charge in [0.25, 0.3) is 0 Å². The van der Waals surface area contributed by atoms with E-state index in [1.807, 2.05) is 35.0 Å². The van der Waals surface area contributed by atoms with Crippen LogP contribution >= 0.6 is 22.7 Å². The molecule has 1 aliphatic rings. The molecule has 3 aromatic rings. The van der Waals surface area contributed by atoms with E-state index in [0.29, 0.717) is 28.9 Å². The highest BCUT2D eigenvalue weighted by Crippen LogP contribution is 2.27. The van der Waals surface area contributed by atoms with Crippen LogP contribution < -0.4 is 15.0 Å². The molecule has 0 radical (unpaired) electrons. The Kier molecular flexibility index (Phi) is 5.36. The van der Waals surface area contributed by atoms with Gasteiger partial charge in [-0.15, -0.1) is 22.7 Å². The van der Waals surface area contributed by atoms with Crippen LogP contribution in [-0.4, -0.2) is 35.4 Å². The van der Waals surface area contributed by atoms with Gasteiger partial charge in [-0.25, -0.2) is 9.97 Å². The molecule has 1 fully saturated rings. The first-order valence-corrected chi connectivity index (χ1v) is 10.5. The predicted octanol–water partition coefficient (Wildman–Crippen LogP) is 3.58. The molecule has 144 valence electrons. The molecular weight excluding hydrogens is 396 g/mol. The molecule has 7 nitrogen and oxygen atoms in total. The molecule has 4 rings (SSSR count). The van der Waals surface area contributed by atoms with Crippen LogP contribution in [0.25, 0.3) is 11.3 Å². The van der Waals surface area contributed by atoms with Gasteiger partial charge in [-0.05, 0) is 30.7 Å². The number of amides is 2. The van der Waals surface area contributed by atoms with E-state index in [1.165, 1.54) is 22.7 Å². The van der Waals surface area contributed by atoms with Gasteiger partial charge in [0.1, 0.15) is 5.75 Å². The summed E-state index contributed by atoms with van der Waals surface area (Å²) in [6.45, 7) is 0.700. The van der Waals surface area contributed by atoms with E-state index >= 15 is 0 Å². The van der Waals surface area contributed by atoms with Crippen LogP contribution in [0.5, 0.6) is 5.75 Å². The molecule has 1 aromatic carbocycles. The van der Waals surface area contributed by atoms with Crippen molar-refractivity contribution in [1.29, 1.82) is 0 Å². The molecule has 28 heavy (non-hydrogen) atoms. The first-order valence-electron chi connectivity index (χ1n) is 8.77. The zero-order valence-electron chi connectivity index (χ0n) is 15.2. The summed E-state index contributed by atoms with van der Waals surface area (Å²) in [5.74, 6) is 0.699. The Hall–Kier alpha value is -2.78. The summed E-state index contributed by atoms with van der Waals surface area (Å²) in [5.41, 5.74) is 2.41. The lowest BCUT2D eigenvalue weighted by Gasteiger charge is -2.10. The standard InChI is InChI=1S/C19H18N4O3S2/c1-26-14-6-4-12(5-7-14)15-11-27-18(21-15)22-16(24)9-13-10-28-19(20-13)23-8-2-3-17(23)25/h4-7,10-11H,2-3,8-9H2,1H3,(H,21,22,24). The number of aromatic nitrogens is 2. The van der Waals surface area contributed by atoms with Gasteiger partial charge in [-0.1, -0.05) is 0 Å². The van der Waals surface area contributed by atoms with Gasteiger partial charge < -0.3 is 10.1 Å². The number of hydrogen-bond acceptors (Lipinski definition) is 7. The lowest BCUT2D eigenvalue weighted by Crippen LogP contribution is -2.23. The molecule has 1 aliphatic heterocycles. The normalized spacial score (nSPS) is 13.8. The van der Waals surface area contributed by atoms with Crippen molar-refractivity contribution >= 4 is 44.8 Å². The first kappa shape index (κ1) is 18.6. The molecule has 1 saturated heterocycles. The van der Waals surface area contributed by atoms with Crippen LogP contribution in [0.2, 0.25) is 0 Å². The topological polar surface area (TPSA) is 84.4 Å². The smallest absolute Gasteiger partial charge is 0.232 e. The second-order valence-corrected chi connectivity index (χ2v) is 7.96. The largest absolute Gasteiger partial charge is 0.497 e. The molecule has 2 aromatic heterocycles. The number of ether oxygens (including phenoxy) is 1. The van der Waals surface area contributed by atoms with Gasteiger partial charge in [0.2, 0.25) is 11.8 Å². The number of benzene rings is 1. The van der Waals surface area contributed by atoms with Gasteiger partial charge in [0.15, 0.2) is 10.3 Å². The lowest BCUT2D eigenvalue weighted by molar-refractivity contribution is -0.117. The summed E-state index contributed by atoms with van der Waals surface area (Å²) in [5, 5.41) is 7.75. The maximum Gasteiger partial charge on any atom is 0.232 e. The van der Waals surface area contributed by atoms with E-state index in [0.717, 1.165) is 23.4 Å². The van der Waals surface area contributed by atoms with Gasteiger partial charge >= 0.3 is 0 Å². The number of carbonyl (C=O) groups excluding carboxylic acids is 2. The highest BCUT2D eigenvalue weighted by Gasteiger charge is 2.24. The highest BCUT2D eigenvalue weighted by atomic mass is 32.1. The first-order chi connectivity index (χ1) is 13.6. The number of carbonyl (C=O) groups is 2. The van der Waals surface area contributed by atoms with Crippen molar-refractivity contribution in [2.24, 2.45) is 0 Å². The number of nitrogens with zero attached hydrogens (tertiary/aromatic N) is 3. The minimum Gasteiger partial charge on any atom is -0.497 e. The number of hydrogen-bond donors (Lipinski definition) is 1. The fourth-order valence-corrected chi connectivity index (χ4v) is 4.51. The Morgan fingerprint density at radius 2 is 2.04 bits per heavy atom. The molecule has 9 heteroatoms. The third-order valence-electron chi connectivity index (χ3n) is 4.32. The van der Waals surface area contributed by atoms with Crippen molar-refractivity contribution in [3.05, 3.63) is 40.7 Å². The molecule has 0 saturated carbocycles. The fraction of sp³-hybridized carbons (Fsp3) is 0.263. The molecule has 3 heterocycles. The molecule has 1 N–H and O–H groups in total. The minimum absolute atomic E-state index is 0.0965. The molecule has 0 bridgehead atoms. The summed E-state index contributed by atoms with van der Waals surface area (Å²) < 4.78 is 5.16.